The first-order valence-electron chi connectivity index (χ1n) is 40.8. The maximum Gasteiger partial charge on any atom is 0.164 e. The van der Waals surface area contributed by atoms with Gasteiger partial charge in [-0.1, -0.05) is 340 Å². The minimum absolute atomic E-state index is 0.559. The van der Waals surface area contributed by atoms with Gasteiger partial charge in [-0.3, -0.25) is 0 Å². The van der Waals surface area contributed by atoms with Crippen molar-refractivity contribution in [1.29, 1.82) is 0 Å². The summed E-state index contributed by atoms with van der Waals surface area (Å²) in [7, 11) is 0. The predicted molar refractivity (Wildman–Crippen MR) is 483 cm³/mol. The number of hydrogen-bond donors (Lipinski definition) is 0. The van der Waals surface area contributed by atoms with Crippen LogP contribution in [-0.4, -0.2) is 29.9 Å². The van der Waals surface area contributed by atoms with Gasteiger partial charge in [0.25, 0.3) is 0 Å². The molecule has 0 saturated heterocycles. The Labute approximate surface area is 693 Å². The number of rotatable bonds is 11. The Morgan fingerprint density at radius 1 is 0.150 bits per heavy atom. The van der Waals surface area contributed by atoms with Crippen LogP contribution in [0, 0.1) is 0 Å². The lowest BCUT2D eigenvalue weighted by atomic mass is 9.65. The molecule has 4 aliphatic rings. The van der Waals surface area contributed by atoms with Gasteiger partial charge in [0.2, 0.25) is 0 Å². The van der Waals surface area contributed by atoms with E-state index in [9.17, 15) is 0 Å². The van der Waals surface area contributed by atoms with Gasteiger partial charge in [-0.2, -0.15) is 0 Å². The fourth-order valence-electron chi connectivity index (χ4n) is 19.4. The lowest BCUT2D eigenvalue weighted by Gasteiger charge is -2.40. The number of hydrogen-bond acceptors (Lipinski definition) is 8. The quantitative estimate of drug-likeness (QED) is 0.118. The fraction of sp³-hybridized carbons (Fsp3) is 0.0179. The second kappa shape index (κ2) is 27.4. The van der Waals surface area contributed by atoms with E-state index in [1.54, 1.807) is 0 Å². The van der Waals surface area contributed by atoms with Crippen molar-refractivity contribution < 1.29 is 9.47 Å². The van der Waals surface area contributed by atoms with Crippen LogP contribution in [0.1, 0.15) is 44.5 Å². The molecule has 24 rings (SSSR count). The lowest BCUT2D eigenvalue weighted by Crippen LogP contribution is -2.32. The predicted octanol–water partition coefficient (Wildman–Crippen LogP) is 27.6. The van der Waals surface area contributed by atoms with Crippen molar-refractivity contribution in [1.82, 2.24) is 29.9 Å². The van der Waals surface area contributed by atoms with Crippen molar-refractivity contribution in [3.05, 3.63) is 457 Å². The molecule has 0 fully saturated rings. The van der Waals surface area contributed by atoms with Gasteiger partial charge in [0.05, 0.1) is 10.8 Å². The normalized spacial score (nSPS) is 13.1. The van der Waals surface area contributed by atoms with Crippen molar-refractivity contribution in [3.63, 3.8) is 0 Å². The van der Waals surface area contributed by atoms with Crippen molar-refractivity contribution >= 4 is 21.5 Å². The number of nitrogens with zero attached hydrogens (tertiary/aromatic N) is 6. The topological polar surface area (TPSA) is 95.8 Å². The van der Waals surface area contributed by atoms with Crippen molar-refractivity contribution in [2.45, 2.75) is 10.8 Å². The largest absolute Gasteiger partial charge is 0.457 e. The number of ether oxygens (including phenoxy) is 2. The molecule has 120 heavy (non-hydrogen) atoms. The molecular formula is C112H68N6O2. The molecule has 558 valence electrons. The molecule has 2 aromatic heterocycles. The van der Waals surface area contributed by atoms with Crippen LogP contribution in [0.4, 0.5) is 0 Å². The van der Waals surface area contributed by atoms with E-state index in [2.05, 4.69) is 388 Å². The maximum absolute atomic E-state index is 7.34. The monoisotopic (exact) mass is 1530 g/mol. The van der Waals surface area contributed by atoms with Gasteiger partial charge >= 0.3 is 0 Å². The summed E-state index contributed by atoms with van der Waals surface area (Å²) < 4.78 is 14.2. The van der Waals surface area contributed by atoms with Gasteiger partial charge in [-0.25, -0.2) is 29.9 Å². The number of para-hydroxylation sites is 1. The van der Waals surface area contributed by atoms with Crippen LogP contribution in [0.3, 0.4) is 0 Å². The molecular weight excluding hydrogens is 1460 g/mol. The number of benzene rings is 18. The molecule has 0 N–H and O–H groups in total. The van der Waals surface area contributed by atoms with Gasteiger partial charge in [0.15, 0.2) is 34.9 Å². The minimum atomic E-state index is -0.737. The third kappa shape index (κ3) is 10.9. The summed E-state index contributed by atoms with van der Waals surface area (Å²) in [5, 5.41) is 4.73. The standard InChI is InChI=1S/C112H68N6O2/c1-3-24-69(25-4-1)72-29-20-35-82(61-72)107-115-108(117-109(116-107)85-38-23-34-77(64-85)78-54-58-102-99(66-78)111(97-48-17-18-49-101(97)119-102)93-44-13-9-40-89(93)90-41-10-14-45-94(90)111)83-36-21-32-75(62-83)73-30-19-31-74(60-73)80-53-57-98-104(68-80)120-103-59-55-79(67-100(103)112(98)95-46-15-11-42-91(95)92-43-12-16-47-96(92)112)76-33-22-37-84(63-76)106-113-105(71-27-5-2-6-28-71)114-110(118-106)86-52-56-88-81(65-86)51-50-70-26-7-8-39-87(70)88/h1-68H. The van der Waals surface area contributed by atoms with Gasteiger partial charge in [0.1, 0.15) is 23.0 Å². The molecule has 2 aliphatic heterocycles. The SMILES string of the molecule is c1ccc(-c2cccc(-c3nc(-c4cccc(-c5cccc(-c6ccc7c(c6)Oc6ccc(-c8cccc(-c9nc(-c%10ccccc%10)nc(-c%10ccc%11c(ccc%12ccccc%12%11)c%10)n9)c8)cc6C76c7ccccc7-c7ccccc76)c5)c4)nc(-c4cccc(-c5ccc6c(c5)C5(c7ccccc7O6)c6ccccc6-c6ccccc65)c4)n3)c2)cc1. The Morgan fingerprint density at radius 2 is 0.442 bits per heavy atom. The van der Waals surface area contributed by atoms with Crippen LogP contribution < -0.4 is 9.47 Å². The van der Waals surface area contributed by atoms with E-state index in [1.807, 2.05) is 24.3 Å². The van der Waals surface area contributed by atoms with Crippen LogP contribution in [-0.2, 0) is 10.8 Å². The first-order valence-corrected chi connectivity index (χ1v) is 40.8. The fourth-order valence-corrected chi connectivity index (χ4v) is 19.4. The highest BCUT2D eigenvalue weighted by atomic mass is 16.5. The third-order valence-electron chi connectivity index (χ3n) is 24.9. The van der Waals surface area contributed by atoms with Gasteiger partial charge in [0, 0.05) is 55.6 Å². The molecule has 8 heteroatoms. The van der Waals surface area contributed by atoms with E-state index < -0.39 is 10.8 Å². The Bertz CT molecular complexity index is 7550. The van der Waals surface area contributed by atoms with Crippen molar-refractivity contribution in [2.24, 2.45) is 0 Å². The van der Waals surface area contributed by atoms with Gasteiger partial charge in [-0.15, -0.1) is 0 Å². The second-order valence-electron chi connectivity index (χ2n) is 31.5. The molecule has 0 amide bonds. The van der Waals surface area contributed by atoms with Crippen molar-refractivity contribution in [2.75, 3.05) is 0 Å². The molecule has 4 heterocycles. The highest BCUT2D eigenvalue weighted by molar-refractivity contribution is 6.08. The number of aromatic nitrogens is 6. The van der Waals surface area contributed by atoms with Crippen LogP contribution in [0.25, 0.3) is 168 Å². The molecule has 0 saturated carbocycles. The van der Waals surface area contributed by atoms with Crippen LogP contribution in [0.5, 0.6) is 23.0 Å². The van der Waals surface area contributed by atoms with E-state index in [0.29, 0.717) is 34.9 Å². The summed E-state index contributed by atoms with van der Waals surface area (Å²) in [5.74, 6) is 6.78. The van der Waals surface area contributed by atoms with Gasteiger partial charge < -0.3 is 9.47 Å². The Kier molecular flexibility index (Phi) is 15.6. The molecule has 0 radical (unpaired) electrons. The summed E-state index contributed by atoms with van der Waals surface area (Å²) in [6, 6.07) is 147. The van der Waals surface area contributed by atoms with Crippen molar-refractivity contribution in [3.8, 4) is 169 Å². The third-order valence-corrected chi connectivity index (χ3v) is 24.9. The Morgan fingerprint density at radius 3 is 0.917 bits per heavy atom. The Balaban J connectivity index is 0.583. The summed E-state index contributed by atoms with van der Waals surface area (Å²) in [4.78, 5) is 31.9. The zero-order valence-electron chi connectivity index (χ0n) is 64.8. The molecule has 8 nitrogen and oxygen atoms in total. The molecule has 0 atom stereocenters. The van der Waals surface area contributed by atoms with Crippen LogP contribution in [0.2, 0.25) is 0 Å². The highest BCUT2D eigenvalue weighted by Gasteiger charge is 2.53. The molecule has 2 aliphatic carbocycles. The summed E-state index contributed by atoms with van der Waals surface area (Å²) >= 11 is 0. The van der Waals surface area contributed by atoms with E-state index in [4.69, 9.17) is 39.4 Å². The minimum Gasteiger partial charge on any atom is -0.457 e. The zero-order chi connectivity index (χ0) is 79.0. The van der Waals surface area contributed by atoms with E-state index in [0.717, 1.165) is 140 Å². The average molecular weight is 1530 g/mol. The summed E-state index contributed by atoms with van der Waals surface area (Å²) in [6.45, 7) is 0. The number of fused-ring (bicyclic) bond motifs is 21. The molecule has 0 bridgehead atoms. The molecule has 20 aromatic rings. The molecule has 18 aromatic carbocycles. The summed E-state index contributed by atoms with van der Waals surface area (Å²) in [5.41, 5.74) is 28.6. The van der Waals surface area contributed by atoms with Gasteiger partial charge in [-0.05, 0) is 194 Å². The Hall–Kier alpha value is -15.9. The van der Waals surface area contributed by atoms with Crippen LogP contribution in [0.15, 0.2) is 413 Å². The van der Waals surface area contributed by atoms with E-state index >= 15 is 0 Å². The average Bonchev–Trinajstić information content (AvgIpc) is 1.42. The lowest BCUT2D eigenvalue weighted by molar-refractivity contribution is 0.436. The first-order chi connectivity index (χ1) is 59.4. The maximum atomic E-state index is 7.34. The molecule has 2 spiro atoms. The molecule has 0 unspecified atom stereocenters. The van der Waals surface area contributed by atoms with Crippen LogP contribution >= 0.6 is 0 Å². The van der Waals surface area contributed by atoms with E-state index in [1.165, 1.54) is 60.7 Å². The second-order valence-corrected chi connectivity index (χ2v) is 31.5. The highest BCUT2D eigenvalue weighted by Crippen LogP contribution is 2.65. The zero-order valence-corrected chi connectivity index (χ0v) is 64.8. The first kappa shape index (κ1) is 68.5. The summed E-state index contributed by atoms with van der Waals surface area (Å²) in [6.07, 6.45) is 0. The smallest absolute Gasteiger partial charge is 0.164 e. The van der Waals surface area contributed by atoms with E-state index in [-0.39, 0.29) is 0 Å².